The summed E-state index contributed by atoms with van der Waals surface area (Å²) < 4.78 is 33.0. The normalized spacial score (nSPS) is 15.8. The predicted octanol–water partition coefficient (Wildman–Crippen LogP) is 2.93. The van der Waals surface area contributed by atoms with Crippen LogP contribution in [0.15, 0.2) is 47.4 Å². The van der Waals surface area contributed by atoms with Gasteiger partial charge in [-0.2, -0.15) is 4.31 Å². The smallest absolute Gasteiger partial charge is 0.255 e. The molecule has 0 saturated carbocycles. The third-order valence-corrected chi connectivity index (χ3v) is 7.09. The Morgan fingerprint density at radius 2 is 1.83 bits per heavy atom. The van der Waals surface area contributed by atoms with E-state index in [1.807, 2.05) is 20.0 Å². The Morgan fingerprint density at radius 3 is 2.52 bits per heavy atom. The number of nitrogens with one attached hydrogen (secondary N) is 1. The third-order valence-electron chi connectivity index (χ3n) is 4.71. The number of halogens is 1. The molecule has 1 amide bonds. The molecule has 1 N–H and O–H groups in total. The van der Waals surface area contributed by atoms with E-state index in [1.165, 1.54) is 22.5 Å². The molecule has 0 aromatic heterocycles. The lowest BCUT2D eigenvalue weighted by atomic mass is 10.2. The zero-order valence-electron chi connectivity index (χ0n) is 16.4. The Morgan fingerprint density at radius 1 is 1.14 bits per heavy atom. The van der Waals surface area contributed by atoms with E-state index < -0.39 is 15.9 Å². The number of anilines is 1. The van der Waals surface area contributed by atoms with E-state index >= 15 is 0 Å². The summed E-state index contributed by atoms with van der Waals surface area (Å²) in [6.07, 6.45) is 0. The van der Waals surface area contributed by atoms with Crippen molar-refractivity contribution in [3.8, 4) is 5.75 Å². The monoisotopic (exact) mass is 437 g/mol. The maximum atomic E-state index is 13.1. The molecule has 1 fully saturated rings. The highest BCUT2D eigenvalue weighted by Gasteiger charge is 2.30. The second kappa shape index (κ2) is 9.13. The molecule has 0 aliphatic carbocycles. The van der Waals surface area contributed by atoms with E-state index in [-0.39, 0.29) is 15.5 Å². The van der Waals surface area contributed by atoms with Crippen molar-refractivity contribution in [3.05, 3.63) is 53.1 Å². The van der Waals surface area contributed by atoms with E-state index in [2.05, 4.69) is 10.2 Å². The van der Waals surface area contributed by atoms with Crippen LogP contribution in [0.5, 0.6) is 5.75 Å². The molecule has 0 atom stereocenters. The third kappa shape index (κ3) is 4.90. The van der Waals surface area contributed by atoms with Gasteiger partial charge in [0.25, 0.3) is 5.91 Å². The Hall–Kier alpha value is -2.13. The van der Waals surface area contributed by atoms with Crippen LogP contribution >= 0.6 is 11.6 Å². The van der Waals surface area contributed by atoms with Gasteiger partial charge in [-0.3, -0.25) is 4.79 Å². The zero-order valence-corrected chi connectivity index (χ0v) is 18.0. The highest BCUT2D eigenvalue weighted by molar-refractivity contribution is 7.89. The van der Waals surface area contributed by atoms with E-state index in [0.29, 0.717) is 44.2 Å². The van der Waals surface area contributed by atoms with Gasteiger partial charge >= 0.3 is 0 Å². The molecule has 29 heavy (non-hydrogen) atoms. The molecule has 0 radical (unpaired) electrons. The van der Waals surface area contributed by atoms with E-state index in [4.69, 9.17) is 16.3 Å². The number of hydrogen-bond donors (Lipinski definition) is 1. The molecule has 0 unspecified atom stereocenters. The number of ether oxygens (including phenoxy) is 1. The first-order valence-corrected chi connectivity index (χ1v) is 11.2. The largest absolute Gasteiger partial charge is 0.492 e. The first-order valence-electron chi connectivity index (χ1n) is 9.34. The molecule has 9 heteroatoms. The number of hydrogen-bond acceptors (Lipinski definition) is 5. The topological polar surface area (TPSA) is 78.9 Å². The molecule has 1 aliphatic heterocycles. The van der Waals surface area contributed by atoms with Crippen LogP contribution in [-0.2, 0) is 10.0 Å². The minimum atomic E-state index is -3.79. The summed E-state index contributed by atoms with van der Waals surface area (Å²) in [5.41, 5.74) is 0.714. The van der Waals surface area contributed by atoms with Crippen molar-refractivity contribution < 1.29 is 17.9 Å². The highest BCUT2D eigenvalue weighted by Crippen LogP contribution is 2.28. The summed E-state index contributed by atoms with van der Waals surface area (Å²) in [4.78, 5) is 14.8. The molecule has 7 nitrogen and oxygen atoms in total. The van der Waals surface area contributed by atoms with Gasteiger partial charge in [-0.1, -0.05) is 23.7 Å². The number of carbonyl (C=O) groups is 1. The second-order valence-electron chi connectivity index (χ2n) is 6.74. The van der Waals surface area contributed by atoms with E-state index in [9.17, 15) is 13.2 Å². The molecular formula is C20H24ClN3O4S. The lowest BCUT2D eigenvalue weighted by molar-refractivity contribution is 0.102. The quantitative estimate of drug-likeness (QED) is 0.751. The van der Waals surface area contributed by atoms with Crippen molar-refractivity contribution >= 4 is 33.2 Å². The number of sulfonamides is 1. The maximum absolute atomic E-state index is 13.1. The maximum Gasteiger partial charge on any atom is 0.255 e. The lowest BCUT2D eigenvalue weighted by Gasteiger charge is -2.31. The fraction of sp³-hybridized carbons (Fsp3) is 0.350. The van der Waals surface area contributed by atoms with Gasteiger partial charge in [0.15, 0.2) is 0 Å². The number of para-hydroxylation sites is 2. The van der Waals surface area contributed by atoms with Gasteiger partial charge in [-0.25, -0.2) is 8.42 Å². The molecule has 3 rings (SSSR count). The number of amides is 1. The van der Waals surface area contributed by atoms with Crippen LogP contribution in [0.2, 0.25) is 5.02 Å². The molecule has 1 saturated heterocycles. The number of nitrogens with zero attached hydrogens (tertiary/aromatic N) is 2. The van der Waals surface area contributed by atoms with Gasteiger partial charge in [0, 0.05) is 31.7 Å². The second-order valence-corrected chi connectivity index (χ2v) is 9.05. The van der Waals surface area contributed by atoms with Crippen molar-refractivity contribution in [3.63, 3.8) is 0 Å². The van der Waals surface area contributed by atoms with Crippen molar-refractivity contribution in [2.75, 3.05) is 45.2 Å². The van der Waals surface area contributed by atoms with Gasteiger partial charge in [-0.05, 0) is 44.3 Å². The first kappa shape index (κ1) is 21.6. The molecule has 1 aliphatic rings. The number of carbonyl (C=O) groups excluding carboxylic acids is 1. The van der Waals surface area contributed by atoms with Crippen molar-refractivity contribution in [2.24, 2.45) is 0 Å². The van der Waals surface area contributed by atoms with E-state index in [0.717, 1.165) is 0 Å². The molecule has 2 aromatic carbocycles. The van der Waals surface area contributed by atoms with Crippen LogP contribution in [0.4, 0.5) is 5.69 Å². The van der Waals surface area contributed by atoms with Gasteiger partial charge in [0.1, 0.15) is 10.6 Å². The van der Waals surface area contributed by atoms with Crippen LogP contribution < -0.4 is 10.1 Å². The molecule has 0 spiro atoms. The first-order chi connectivity index (χ1) is 13.8. The minimum Gasteiger partial charge on any atom is -0.492 e. The van der Waals surface area contributed by atoms with Crippen molar-refractivity contribution in [1.29, 1.82) is 0 Å². The Balaban J connectivity index is 1.86. The van der Waals surface area contributed by atoms with Gasteiger partial charge in [-0.15, -0.1) is 0 Å². The number of benzene rings is 2. The summed E-state index contributed by atoms with van der Waals surface area (Å²) in [6.45, 7) is 4.37. The number of rotatable bonds is 6. The van der Waals surface area contributed by atoms with Crippen LogP contribution in [0.25, 0.3) is 0 Å². The summed E-state index contributed by atoms with van der Waals surface area (Å²) in [6, 6.07) is 11.3. The molecule has 156 valence electrons. The summed E-state index contributed by atoms with van der Waals surface area (Å²) in [7, 11) is -1.85. The predicted molar refractivity (Wildman–Crippen MR) is 113 cm³/mol. The Bertz CT molecular complexity index is 989. The van der Waals surface area contributed by atoms with Crippen LogP contribution in [0.1, 0.15) is 17.3 Å². The van der Waals surface area contributed by atoms with Crippen LogP contribution in [0, 0.1) is 0 Å². The van der Waals surface area contributed by atoms with Gasteiger partial charge < -0.3 is 15.0 Å². The van der Waals surface area contributed by atoms with Gasteiger partial charge in [0.05, 0.1) is 17.3 Å². The summed E-state index contributed by atoms with van der Waals surface area (Å²) in [5, 5.41) is 2.87. The highest BCUT2D eigenvalue weighted by atomic mass is 35.5. The van der Waals surface area contributed by atoms with Crippen LogP contribution in [0.3, 0.4) is 0 Å². The Labute approximate surface area is 176 Å². The van der Waals surface area contributed by atoms with Crippen LogP contribution in [-0.4, -0.2) is 63.4 Å². The SMILES string of the molecule is CCOc1ccccc1NC(=O)c1ccc(Cl)c(S(=O)(=O)N2CCN(C)CC2)c1. The fourth-order valence-corrected chi connectivity index (χ4v) is 4.98. The lowest BCUT2D eigenvalue weighted by Crippen LogP contribution is -2.47. The average Bonchev–Trinajstić information content (AvgIpc) is 2.70. The molecule has 1 heterocycles. The summed E-state index contributed by atoms with van der Waals surface area (Å²) >= 11 is 6.19. The van der Waals surface area contributed by atoms with Gasteiger partial charge in [0.2, 0.25) is 10.0 Å². The fourth-order valence-electron chi connectivity index (χ4n) is 3.06. The average molecular weight is 438 g/mol. The summed E-state index contributed by atoms with van der Waals surface area (Å²) in [5.74, 6) is 0.103. The number of piperazine rings is 1. The van der Waals surface area contributed by atoms with Crippen molar-refractivity contribution in [2.45, 2.75) is 11.8 Å². The van der Waals surface area contributed by atoms with Crippen molar-refractivity contribution in [1.82, 2.24) is 9.21 Å². The minimum absolute atomic E-state index is 0.0607. The standard InChI is InChI=1S/C20H24ClN3O4S/c1-3-28-18-7-5-4-6-17(18)22-20(25)15-8-9-16(21)19(14-15)29(26,27)24-12-10-23(2)11-13-24/h4-9,14H,3,10-13H2,1-2H3,(H,22,25). The molecule has 2 aromatic rings. The van der Waals surface area contributed by atoms with E-state index in [1.54, 1.807) is 18.2 Å². The molecule has 0 bridgehead atoms. The number of likely N-dealkylation sites (N-methyl/N-ethyl adjacent to an activating group) is 1. The molecular weight excluding hydrogens is 414 g/mol. The Kier molecular flexibility index (Phi) is 6.79. The zero-order chi connectivity index (χ0) is 21.0.